The Balaban J connectivity index is 1.86. The molecule has 1 aliphatic carbocycles. The van der Waals surface area contributed by atoms with Crippen molar-refractivity contribution in [1.29, 1.82) is 0 Å². The zero-order valence-corrected chi connectivity index (χ0v) is 12.2. The van der Waals surface area contributed by atoms with Crippen molar-refractivity contribution >= 4 is 5.91 Å². The zero-order valence-electron chi connectivity index (χ0n) is 12.2. The number of hydrogen-bond donors (Lipinski definition) is 2. The largest absolute Gasteiger partial charge is 0.354 e. The molecule has 0 bridgehead atoms. The molecule has 0 saturated heterocycles. The first-order valence-electron chi connectivity index (χ1n) is 7.20. The molecular weight excluding hydrogens is 255 g/mol. The Kier molecular flexibility index (Phi) is 4.43. The van der Waals surface area contributed by atoms with E-state index in [0.29, 0.717) is 6.54 Å². The predicted octanol–water partition coefficient (Wildman–Crippen LogP) is 2.25. The van der Waals surface area contributed by atoms with Gasteiger partial charge < -0.3 is 11.1 Å². The second-order valence-electron chi connectivity index (χ2n) is 6.29. The van der Waals surface area contributed by atoms with Gasteiger partial charge in [0.25, 0.3) is 0 Å². The summed E-state index contributed by atoms with van der Waals surface area (Å²) in [7, 11) is 0. The van der Waals surface area contributed by atoms with Crippen LogP contribution >= 0.6 is 0 Å². The molecule has 1 aliphatic rings. The summed E-state index contributed by atoms with van der Waals surface area (Å²) in [6.45, 7) is 4.54. The van der Waals surface area contributed by atoms with Crippen molar-refractivity contribution in [3.8, 4) is 0 Å². The fourth-order valence-electron chi connectivity index (χ4n) is 2.32. The van der Waals surface area contributed by atoms with Crippen molar-refractivity contribution in [1.82, 2.24) is 5.32 Å². The second kappa shape index (κ2) is 5.92. The molecule has 1 atom stereocenters. The van der Waals surface area contributed by atoms with Crippen LogP contribution in [0.4, 0.5) is 4.39 Å². The van der Waals surface area contributed by atoms with Gasteiger partial charge in [-0.25, -0.2) is 4.39 Å². The Hall–Kier alpha value is -1.42. The third-order valence-corrected chi connectivity index (χ3v) is 4.11. The number of nitrogens with one attached hydrogen (secondary N) is 1. The van der Waals surface area contributed by atoms with Crippen LogP contribution in [0.2, 0.25) is 0 Å². The Morgan fingerprint density at radius 2 is 1.95 bits per heavy atom. The molecular formula is C16H23FN2O. The van der Waals surface area contributed by atoms with Gasteiger partial charge in [-0.05, 0) is 48.3 Å². The molecule has 1 fully saturated rings. The first-order valence-corrected chi connectivity index (χ1v) is 7.20. The molecule has 1 aromatic rings. The Labute approximate surface area is 119 Å². The van der Waals surface area contributed by atoms with Crippen LogP contribution in [0, 0.1) is 17.2 Å². The minimum atomic E-state index is -0.448. The molecule has 0 aromatic heterocycles. The van der Waals surface area contributed by atoms with Crippen molar-refractivity contribution in [3.63, 3.8) is 0 Å². The number of carbonyl (C=O) groups is 1. The number of carbonyl (C=O) groups excluding carboxylic acids is 1. The summed E-state index contributed by atoms with van der Waals surface area (Å²) in [5.74, 6) is -0.151. The van der Waals surface area contributed by atoms with E-state index in [9.17, 15) is 9.18 Å². The van der Waals surface area contributed by atoms with Crippen molar-refractivity contribution in [2.75, 3.05) is 6.54 Å². The molecule has 1 aromatic carbocycles. The van der Waals surface area contributed by atoms with E-state index in [1.165, 1.54) is 12.1 Å². The number of amides is 1. The highest BCUT2D eigenvalue weighted by Crippen LogP contribution is 2.47. The monoisotopic (exact) mass is 278 g/mol. The van der Waals surface area contributed by atoms with E-state index in [-0.39, 0.29) is 23.1 Å². The van der Waals surface area contributed by atoms with E-state index in [1.807, 2.05) is 26.0 Å². The first-order chi connectivity index (χ1) is 9.42. The maximum Gasteiger partial charge on any atom is 0.237 e. The van der Waals surface area contributed by atoms with Crippen molar-refractivity contribution in [2.45, 2.75) is 39.2 Å². The van der Waals surface area contributed by atoms with Gasteiger partial charge in [-0.3, -0.25) is 4.79 Å². The predicted molar refractivity (Wildman–Crippen MR) is 77.6 cm³/mol. The van der Waals surface area contributed by atoms with Gasteiger partial charge in [0.05, 0.1) is 6.04 Å². The molecule has 0 heterocycles. The highest BCUT2D eigenvalue weighted by molar-refractivity contribution is 5.81. The number of benzene rings is 1. The summed E-state index contributed by atoms with van der Waals surface area (Å²) in [4.78, 5) is 11.9. The van der Waals surface area contributed by atoms with Crippen molar-refractivity contribution in [3.05, 3.63) is 35.6 Å². The Morgan fingerprint density at radius 3 is 2.45 bits per heavy atom. The maximum absolute atomic E-state index is 12.9. The van der Waals surface area contributed by atoms with Gasteiger partial charge in [0.15, 0.2) is 0 Å². The highest BCUT2D eigenvalue weighted by atomic mass is 19.1. The molecule has 0 unspecified atom stereocenters. The lowest BCUT2D eigenvalue weighted by Crippen LogP contribution is -2.45. The van der Waals surface area contributed by atoms with Gasteiger partial charge in [-0.1, -0.05) is 26.0 Å². The molecule has 20 heavy (non-hydrogen) atoms. The van der Waals surface area contributed by atoms with E-state index in [1.54, 1.807) is 0 Å². The third-order valence-electron chi connectivity index (χ3n) is 4.11. The first kappa shape index (κ1) is 15.0. The van der Waals surface area contributed by atoms with Crippen LogP contribution < -0.4 is 11.1 Å². The van der Waals surface area contributed by atoms with Gasteiger partial charge in [-0.15, -0.1) is 0 Å². The summed E-state index contributed by atoms with van der Waals surface area (Å²) in [6, 6.07) is 6.16. The second-order valence-corrected chi connectivity index (χ2v) is 6.29. The number of hydrogen-bond acceptors (Lipinski definition) is 2. The van der Waals surface area contributed by atoms with Crippen molar-refractivity contribution < 1.29 is 9.18 Å². The number of rotatable bonds is 6. The average Bonchev–Trinajstić information content (AvgIpc) is 3.18. The summed E-state index contributed by atoms with van der Waals surface area (Å²) >= 11 is 0. The molecule has 1 saturated carbocycles. The lowest BCUT2D eigenvalue weighted by Gasteiger charge is -2.20. The molecule has 3 N–H and O–H groups in total. The van der Waals surface area contributed by atoms with Gasteiger partial charge >= 0.3 is 0 Å². The summed E-state index contributed by atoms with van der Waals surface area (Å²) < 4.78 is 12.9. The standard InChI is InChI=1S/C16H23FN2O/c1-11(2)14(18)15(20)19-10-16(7-8-16)9-12-3-5-13(17)6-4-12/h3-6,11,14H,7-10,18H2,1-2H3,(H,19,20)/t14-/m0/s1. The molecule has 2 rings (SSSR count). The minimum absolute atomic E-state index is 0.0784. The minimum Gasteiger partial charge on any atom is -0.354 e. The smallest absolute Gasteiger partial charge is 0.237 e. The summed E-state index contributed by atoms with van der Waals surface area (Å²) in [6.07, 6.45) is 3.08. The summed E-state index contributed by atoms with van der Waals surface area (Å²) in [5, 5.41) is 2.96. The molecule has 4 heteroatoms. The van der Waals surface area contributed by atoms with Crippen LogP contribution in [0.5, 0.6) is 0 Å². The number of halogens is 1. The molecule has 0 radical (unpaired) electrons. The fraction of sp³-hybridized carbons (Fsp3) is 0.562. The summed E-state index contributed by atoms with van der Waals surface area (Å²) in [5.41, 5.74) is 7.09. The van der Waals surface area contributed by atoms with E-state index in [0.717, 1.165) is 24.8 Å². The molecule has 3 nitrogen and oxygen atoms in total. The van der Waals surface area contributed by atoms with Crippen LogP contribution in [-0.2, 0) is 11.2 Å². The SMILES string of the molecule is CC(C)[C@H](N)C(=O)NCC1(Cc2ccc(F)cc2)CC1. The average molecular weight is 278 g/mol. The van der Waals surface area contributed by atoms with Gasteiger partial charge in [-0.2, -0.15) is 0 Å². The normalized spacial score (nSPS) is 17.9. The van der Waals surface area contributed by atoms with E-state index >= 15 is 0 Å². The quantitative estimate of drug-likeness (QED) is 0.838. The Morgan fingerprint density at radius 1 is 1.35 bits per heavy atom. The maximum atomic E-state index is 12.9. The molecule has 110 valence electrons. The Bertz CT molecular complexity index is 466. The van der Waals surface area contributed by atoms with Crippen LogP contribution in [0.25, 0.3) is 0 Å². The molecule has 1 amide bonds. The third kappa shape index (κ3) is 3.79. The highest BCUT2D eigenvalue weighted by Gasteiger charge is 2.42. The van der Waals surface area contributed by atoms with Crippen LogP contribution in [0.3, 0.4) is 0 Å². The fourth-order valence-corrected chi connectivity index (χ4v) is 2.32. The van der Waals surface area contributed by atoms with Crippen LogP contribution in [0.15, 0.2) is 24.3 Å². The topological polar surface area (TPSA) is 55.1 Å². The zero-order chi connectivity index (χ0) is 14.8. The lowest BCUT2D eigenvalue weighted by atomic mass is 9.96. The van der Waals surface area contributed by atoms with Gasteiger partial charge in [0, 0.05) is 6.54 Å². The van der Waals surface area contributed by atoms with Crippen molar-refractivity contribution in [2.24, 2.45) is 17.1 Å². The van der Waals surface area contributed by atoms with E-state index in [4.69, 9.17) is 5.73 Å². The lowest BCUT2D eigenvalue weighted by molar-refractivity contribution is -0.123. The van der Waals surface area contributed by atoms with E-state index in [2.05, 4.69) is 5.32 Å². The van der Waals surface area contributed by atoms with Crippen LogP contribution in [0.1, 0.15) is 32.3 Å². The molecule has 0 aliphatic heterocycles. The molecule has 0 spiro atoms. The van der Waals surface area contributed by atoms with Crippen LogP contribution in [-0.4, -0.2) is 18.5 Å². The van der Waals surface area contributed by atoms with Gasteiger partial charge in [0.1, 0.15) is 5.82 Å². The van der Waals surface area contributed by atoms with Gasteiger partial charge in [0.2, 0.25) is 5.91 Å². The number of nitrogens with two attached hydrogens (primary N) is 1. The van der Waals surface area contributed by atoms with E-state index < -0.39 is 6.04 Å².